The molecule has 1 aliphatic rings. The summed E-state index contributed by atoms with van der Waals surface area (Å²) in [7, 11) is -3.27. The molecular weight excluding hydrogens is 264 g/mol. The molecular formula is C12H22N4O2S. The molecule has 0 atom stereocenters. The van der Waals surface area contributed by atoms with Gasteiger partial charge in [0.15, 0.2) is 0 Å². The van der Waals surface area contributed by atoms with Crippen molar-refractivity contribution in [1.29, 1.82) is 0 Å². The first-order valence-corrected chi connectivity index (χ1v) is 8.38. The molecule has 6 nitrogen and oxygen atoms in total. The SMILES string of the molecule is Cc1n[nH]c(C)c1NS(=O)(=O)CCCCNC1CC1. The van der Waals surface area contributed by atoms with Crippen LogP contribution in [0.1, 0.15) is 37.1 Å². The number of anilines is 1. The average Bonchev–Trinajstić information content (AvgIpc) is 3.11. The molecule has 0 radical (unpaired) electrons. The number of H-pyrrole nitrogens is 1. The number of nitrogens with zero attached hydrogens (tertiary/aromatic N) is 1. The van der Waals surface area contributed by atoms with Crippen LogP contribution >= 0.6 is 0 Å². The fraction of sp³-hybridized carbons (Fsp3) is 0.750. The third-order valence-corrected chi connectivity index (χ3v) is 4.58. The van der Waals surface area contributed by atoms with E-state index in [-0.39, 0.29) is 5.75 Å². The summed E-state index contributed by atoms with van der Waals surface area (Å²) in [6.07, 6.45) is 4.09. The standard InChI is InChI=1S/C12H22N4O2S/c1-9-12(10(2)15-14-9)16-19(17,18)8-4-3-7-13-11-5-6-11/h11,13,16H,3-8H2,1-2H3,(H,14,15). The molecule has 7 heteroatoms. The van der Waals surface area contributed by atoms with E-state index in [0.717, 1.165) is 18.7 Å². The van der Waals surface area contributed by atoms with Crippen LogP contribution in [-0.4, -0.2) is 37.0 Å². The number of aromatic nitrogens is 2. The van der Waals surface area contributed by atoms with Crippen molar-refractivity contribution in [3.05, 3.63) is 11.4 Å². The molecule has 1 aromatic rings. The maximum atomic E-state index is 11.9. The number of aromatic amines is 1. The van der Waals surface area contributed by atoms with Crippen molar-refractivity contribution in [2.24, 2.45) is 0 Å². The molecule has 1 heterocycles. The van der Waals surface area contributed by atoms with Gasteiger partial charge in [0, 0.05) is 6.04 Å². The van der Waals surface area contributed by atoms with Crippen molar-refractivity contribution in [3.8, 4) is 0 Å². The number of rotatable bonds is 8. The van der Waals surface area contributed by atoms with Crippen LogP contribution in [0.5, 0.6) is 0 Å². The number of sulfonamides is 1. The van der Waals surface area contributed by atoms with E-state index in [9.17, 15) is 8.42 Å². The molecule has 0 saturated heterocycles. The average molecular weight is 286 g/mol. The summed E-state index contributed by atoms with van der Waals surface area (Å²) in [5.74, 6) is 0.156. The fourth-order valence-corrected chi connectivity index (χ4v) is 3.22. The molecule has 0 unspecified atom stereocenters. The van der Waals surface area contributed by atoms with E-state index >= 15 is 0 Å². The van der Waals surface area contributed by atoms with E-state index < -0.39 is 10.0 Å². The molecule has 108 valence electrons. The van der Waals surface area contributed by atoms with Crippen LogP contribution < -0.4 is 10.0 Å². The van der Waals surface area contributed by atoms with E-state index in [1.807, 2.05) is 0 Å². The minimum atomic E-state index is -3.27. The monoisotopic (exact) mass is 286 g/mol. The van der Waals surface area contributed by atoms with Gasteiger partial charge < -0.3 is 5.32 Å². The van der Waals surface area contributed by atoms with Gasteiger partial charge in [0.25, 0.3) is 0 Å². The first-order valence-electron chi connectivity index (χ1n) is 6.73. The second-order valence-corrected chi connectivity index (χ2v) is 7.01. The fourth-order valence-electron chi connectivity index (χ4n) is 1.92. The smallest absolute Gasteiger partial charge is 0.232 e. The van der Waals surface area contributed by atoms with Crippen LogP contribution in [0.3, 0.4) is 0 Å². The third-order valence-electron chi connectivity index (χ3n) is 3.24. The predicted octanol–water partition coefficient (Wildman–Crippen LogP) is 1.30. The van der Waals surface area contributed by atoms with Crippen molar-refractivity contribution < 1.29 is 8.42 Å². The Bertz CT molecular complexity index is 500. The molecule has 1 aromatic heterocycles. The van der Waals surface area contributed by atoms with Crippen molar-refractivity contribution in [1.82, 2.24) is 15.5 Å². The highest BCUT2D eigenvalue weighted by atomic mass is 32.2. The largest absolute Gasteiger partial charge is 0.314 e. The third kappa shape index (κ3) is 4.50. The summed E-state index contributed by atoms with van der Waals surface area (Å²) >= 11 is 0. The number of nitrogens with one attached hydrogen (secondary N) is 3. The minimum Gasteiger partial charge on any atom is -0.314 e. The molecule has 0 spiro atoms. The topological polar surface area (TPSA) is 86.9 Å². The van der Waals surface area contributed by atoms with Crippen LogP contribution in [0.2, 0.25) is 0 Å². The van der Waals surface area contributed by atoms with Crippen LogP contribution in [0, 0.1) is 13.8 Å². The molecule has 1 aliphatic carbocycles. The molecule has 0 amide bonds. The first-order chi connectivity index (χ1) is 8.98. The lowest BCUT2D eigenvalue weighted by Crippen LogP contribution is -2.20. The van der Waals surface area contributed by atoms with Gasteiger partial charge >= 0.3 is 0 Å². The molecule has 3 N–H and O–H groups in total. The van der Waals surface area contributed by atoms with Gasteiger partial charge in [0.1, 0.15) is 0 Å². The van der Waals surface area contributed by atoms with Crippen LogP contribution in [0.15, 0.2) is 0 Å². The highest BCUT2D eigenvalue weighted by molar-refractivity contribution is 7.92. The Hall–Kier alpha value is -1.08. The maximum Gasteiger partial charge on any atom is 0.232 e. The molecule has 0 aliphatic heterocycles. The summed E-state index contributed by atoms with van der Waals surface area (Å²) in [5, 5.41) is 10.1. The highest BCUT2D eigenvalue weighted by Crippen LogP contribution is 2.19. The molecule has 1 fully saturated rings. The number of hydrogen-bond donors (Lipinski definition) is 3. The predicted molar refractivity (Wildman–Crippen MR) is 75.7 cm³/mol. The second kappa shape index (κ2) is 5.92. The lowest BCUT2D eigenvalue weighted by molar-refractivity contribution is 0.591. The minimum absolute atomic E-state index is 0.156. The molecule has 19 heavy (non-hydrogen) atoms. The van der Waals surface area contributed by atoms with E-state index in [2.05, 4.69) is 20.2 Å². The van der Waals surface area contributed by atoms with Gasteiger partial charge in [0.05, 0.1) is 22.8 Å². The summed E-state index contributed by atoms with van der Waals surface area (Å²) < 4.78 is 26.5. The molecule has 1 saturated carbocycles. The van der Waals surface area contributed by atoms with Gasteiger partial charge in [-0.3, -0.25) is 9.82 Å². The molecule has 2 rings (SSSR count). The first kappa shape index (κ1) is 14.3. The van der Waals surface area contributed by atoms with Gasteiger partial charge in [0.2, 0.25) is 10.0 Å². The Labute approximate surface area is 114 Å². The Kier molecular flexibility index (Phi) is 4.46. The summed E-state index contributed by atoms with van der Waals surface area (Å²) in [6, 6.07) is 0.686. The Balaban J connectivity index is 1.74. The normalized spacial score (nSPS) is 15.7. The second-order valence-electron chi connectivity index (χ2n) is 5.17. The Morgan fingerprint density at radius 2 is 2.05 bits per heavy atom. The van der Waals surface area contributed by atoms with E-state index in [1.165, 1.54) is 12.8 Å². The lowest BCUT2D eigenvalue weighted by atomic mass is 10.3. The van der Waals surface area contributed by atoms with Crippen LogP contribution in [-0.2, 0) is 10.0 Å². The zero-order valence-electron chi connectivity index (χ0n) is 11.5. The van der Waals surface area contributed by atoms with E-state index in [0.29, 0.717) is 23.8 Å². The van der Waals surface area contributed by atoms with Crippen molar-refractivity contribution in [3.63, 3.8) is 0 Å². The number of unbranched alkanes of at least 4 members (excludes halogenated alkanes) is 1. The van der Waals surface area contributed by atoms with Crippen molar-refractivity contribution in [2.45, 2.75) is 45.6 Å². The quantitative estimate of drug-likeness (QED) is 0.629. The number of aryl methyl sites for hydroxylation is 2. The van der Waals surface area contributed by atoms with Gasteiger partial charge in [-0.25, -0.2) is 8.42 Å². The summed E-state index contributed by atoms with van der Waals surface area (Å²) in [6.45, 7) is 4.49. The summed E-state index contributed by atoms with van der Waals surface area (Å²) in [5.41, 5.74) is 2.00. The molecule has 0 aromatic carbocycles. The number of hydrogen-bond acceptors (Lipinski definition) is 4. The zero-order valence-corrected chi connectivity index (χ0v) is 12.3. The lowest BCUT2D eigenvalue weighted by Gasteiger charge is -2.08. The van der Waals surface area contributed by atoms with Crippen molar-refractivity contribution in [2.75, 3.05) is 17.0 Å². The molecule has 0 bridgehead atoms. The van der Waals surface area contributed by atoms with E-state index in [4.69, 9.17) is 0 Å². The zero-order chi connectivity index (χ0) is 13.9. The van der Waals surface area contributed by atoms with Gasteiger partial charge in [-0.05, 0) is 46.1 Å². The van der Waals surface area contributed by atoms with Gasteiger partial charge in [-0.1, -0.05) is 0 Å². The van der Waals surface area contributed by atoms with E-state index in [1.54, 1.807) is 13.8 Å². The van der Waals surface area contributed by atoms with Gasteiger partial charge in [-0.15, -0.1) is 0 Å². The van der Waals surface area contributed by atoms with Crippen LogP contribution in [0.4, 0.5) is 5.69 Å². The highest BCUT2D eigenvalue weighted by Gasteiger charge is 2.20. The summed E-state index contributed by atoms with van der Waals surface area (Å²) in [4.78, 5) is 0. The Morgan fingerprint density at radius 1 is 1.32 bits per heavy atom. The van der Waals surface area contributed by atoms with Crippen molar-refractivity contribution >= 4 is 15.7 Å². The van der Waals surface area contributed by atoms with Gasteiger partial charge in [-0.2, -0.15) is 5.10 Å². The maximum absolute atomic E-state index is 11.9. The Morgan fingerprint density at radius 3 is 2.63 bits per heavy atom. The van der Waals surface area contributed by atoms with Crippen LogP contribution in [0.25, 0.3) is 0 Å².